The maximum atomic E-state index is 7.03. The van der Waals surface area contributed by atoms with Crippen molar-refractivity contribution >= 4 is 25.8 Å². The third-order valence-corrected chi connectivity index (χ3v) is 12.1. The second-order valence-corrected chi connectivity index (χ2v) is 15.7. The van der Waals surface area contributed by atoms with E-state index in [-0.39, 0.29) is 29.3 Å². The van der Waals surface area contributed by atoms with Gasteiger partial charge >= 0.3 is 7.12 Å². The molecule has 1 heterocycles. The summed E-state index contributed by atoms with van der Waals surface area (Å²) < 4.78 is 19.1. The van der Waals surface area contributed by atoms with Crippen LogP contribution in [0.15, 0.2) is 84.9 Å². The Morgan fingerprint density at radius 2 is 1.32 bits per heavy atom. The van der Waals surface area contributed by atoms with Crippen molar-refractivity contribution in [1.29, 1.82) is 0 Å². The molecule has 3 rings (SSSR count). The van der Waals surface area contributed by atoms with E-state index >= 15 is 0 Å². The molecule has 2 aromatic carbocycles. The van der Waals surface area contributed by atoms with E-state index in [2.05, 4.69) is 128 Å². The van der Waals surface area contributed by atoms with Crippen molar-refractivity contribution in [3.63, 3.8) is 0 Å². The Hall–Kier alpha value is -1.92. The molecule has 34 heavy (non-hydrogen) atoms. The van der Waals surface area contributed by atoms with E-state index in [1.807, 2.05) is 12.1 Å². The van der Waals surface area contributed by atoms with Gasteiger partial charge in [-0.2, -0.15) is 0 Å². The molecule has 0 spiro atoms. The quantitative estimate of drug-likeness (QED) is 0.349. The first kappa shape index (κ1) is 26.7. The second-order valence-electron chi connectivity index (χ2n) is 11.3. The van der Waals surface area contributed by atoms with Gasteiger partial charge in [-0.3, -0.25) is 0 Å². The predicted octanol–water partition coefficient (Wildman–Crippen LogP) is 5.94. The van der Waals surface area contributed by atoms with Crippen molar-refractivity contribution in [3.8, 4) is 0 Å². The van der Waals surface area contributed by atoms with Gasteiger partial charge in [-0.1, -0.05) is 113 Å². The van der Waals surface area contributed by atoms with E-state index in [1.54, 1.807) is 0 Å². The lowest BCUT2D eigenvalue weighted by molar-refractivity contribution is 0.00578. The average Bonchev–Trinajstić information content (AvgIpc) is 2.98. The van der Waals surface area contributed by atoms with Gasteiger partial charge in [0.2, 0.25) is 0 Å². The maximum absolute atomic E-state index is 7.03. The van der Waals surface area contributed by atoms with Gasteiger partial charge in [0.15, 0.2) is 0 Å². The summed E-state index contributed by atoms with van der Waals surface area (Å²) in [4.78, 5) is 0. The van der Waals surface area contributed by atoms with Gasteiger partial charge in [0.25, 0.3) is 8.32 Å². The maximum Gasteiger partial charge on any atom is 0.487 e. The fraction of sp³-hybridized carbons (Fsp3) is 0.448. The molecule has 1 atom stereocenters. The second kappa shape index (κ2) is 10.4. The largest absolute Gasteiger partial charge is 0.487 e. The molecule has 1 fully saturated rings. The molecule has 1 aliphatic rings. The van der Waals surface area contributed by atoms with Gasteiger partial charge < -0.3 is 13.7 Å². The van der Waals surface area contributed by atoms with Crippen LogP contribution < -0.4 is 10.4 Å². The van der Waals surface area contributed by atoms with Gasteiger partial charge in [0, 0.05) is 6.61 Å². The number of hydrogen-bond donors (Lipinski definition) is 0. The summed E-state index contributed by atoms with van der Waals surface area (Å²) in [6.45, 7) is 18.1. The summed E-state index contributed by atoms with van der Waals surface area (Å²) in [5.74, 6) is 2.24. The van der Waals surface area contributed by atoms with Crippen LogP contribution in [-0.4, -0.2) is 33.2 Å². The minimum absolute atomic E-state index is 0.0181. The third kappa shape index (κ3) is 5.65. The molecule has 1 saturated heterocycles. The summed E-state index contributed by atoms with van der Waals surface area (Å²) in [5.41, 5.74) is -0.634. The van der Waals surface area contributed by atoms with Gasteiger partial charge in [0.05, 0.1) is 11.2 Å². The highest BCUT2D eigenvalue weighted by atomic mass is 28.4. The Balaban J connectivity index is 1.75. The number of hydrogen-bond acceptors (Lipinski definition) is 3. The summed E-state index contributed by atoms with van der Waals surface area (Å²) in [5, 5.41) is 2.60. The minimum atomic E-state index is -2.50. The highest BCUT2D eigenvalue weighted by molar-refractivity contribution is 6.99. The molecule has 3 nitrogen and oxygen atoms in total. The van der Waals surface area contributed by atoms with Gasteiger partial charge in [-0.25, -0.2) is 0 Å². The SMILES string of the molecule is C[C@H](/C=C/C=C/B1OC(C)(C)C(C)(C)O1)CO[Si](c1ccccc1)(c1ccccc1)C(C)(C)C. The third-order valence-electron chi connectivity index (χ3n) is 7.07. The molecule has 5 heteroatoms. The fourth-order valence-corrected chi connectivity index (χ4v) is 9.12. The van der Waals surface area contributed by atoms with E-state index in [0.717, 1.165) is 0 Å². The van der Waals surface area contributed by atoms with Crippen molar-refractivity contribution in [2.24, 2.45) is 5.92 Å². The Morgan fingerprint density at radius 1 is 0.853 bits per heavy atom. The number of allylic oxidation sites excluding steroid dienone is 2. The fourth-order valence-electron chi connectivity index (χ4n) is 4.45. The van der Waals surface area contributed by atoms with Crippen LogP contribution in [0.25, 0.3) is 0 Å². The van der Waals surface area contributed by atoms with E-state index in [0.29, 0.717) is 6.61 Å². The van der Waals surface area contributed by atoms with Crippen molar-refractivity contribution < 1.29 is 13.7 Å². The lowest BCUT2D eigenvalue weighted by atomic mass is 9.90. The normalized spacial score (nSPS) is 19.2. The molecule has 0 aromatic heterocycles. The molecule has 2 aromatic rings. The predicted molar refractivity (Wildman–Crippen MR) is 147 cm³/mol. The Bertz CT molecular complexity index is 922. The zero-order valence-electron chi connectivity index (χ0n) is 22.2. The van der Waals surface area contributed by atoms with Crippen LogP contribution in [0.5, 0.6) is 0 Å². The monoisotopic (exact) mass is 476 g/mol. The Morgan fingerprint density at radius 3 is 1.76 bits per heavy atom. The lowest BCUT2D eigenvalue weighted by Crippen LogP contribution is -2.66. The standard InChI is InChI=1S/C29H41BO3Si/c1-24(17-15-16-22-30-32-28(5,6)29(7,8)33-30)23-31-34(27(2,3)4,25-18-11-9-12-19-25)26-20-13-10-14-21-26/h9-22,24H,23H2,1-8H3/b17-15+,22-16+/t24-/m1/s1. The summed E-state index contributed by atoms with van der Waals surface area (Å²) >= 11 is 0. The first-order valence-electron chi connectivity index (χ1n) is 12.3. The summed E-state index contributed by atoms with van der Waals surface area (Å²) in [7, 11) is -2.83. The van der Waals surface area contributed by atoms with Gasteiger partial charge in [-0.15, -0.1) is 0 Å². The topological polar surface area (TPSA) is 27.7 Å². The highest BCUT2D eigenvalue weighted by Crippen LogP contribution is 2.38. The van der Waals surface area contributed by atoms with Gasteiger partial charge in [0.1, 0.15) is 0 Å². The molecule has 0 bridgehead atoms. The van der Waals surface area contributed by atoms with Crippen LogP contribution in [-0.2, 0) is 13.7 Å². The van der Waals surface area contributed by atoms with E-state index in [1.165, 1.54) is 10.4 Å². The van der Waals surface area contributed by atoms with Crippen molar-refractivity contribution in [2.75, 3.05) is 6.61 Å². The van der Waals surface area contributed by atoms with Crippen LogP contribution in [0, 0.1) is 5.92 Å². The zero-order valence-corrected chi connectivity index (χ0v) is 23.2. The van der Waals surface area contributed by atoms with Crippen molar-refractivity contribution in [2.45, 2.75) is 71.6 Å². The average molecular weight is 477 g/mol. The van der Waals surface area contributed by atoms with Crippen molar-refractivity contribution in [1.82, 2.24) is 0 Å². The molecular weight excluding hydrogens is 435 g/mol. The lowest BCUT2D eigenvalue weighted by Gasteiger charge is -2.43. The van der Waals surface area contributed by atoms with Crippen molar-refractivity contribution in [3.05, 3.63) is 84.9 Å². The Kier molecular flexibility index (Phi) is 8.14. The molecule has 0 unspecified atom stereocenters. The molecule has 0 saturated carbocycles. The van der Waals surface area contributed by atoms with E-state index in [4.69, 9.17) is 13.7 Å². The molecule has 0 radical (unpaired) electrons. The van der Waals surface area contributed by atoms with Crippen LogP contribution in [0.4, 0.5) is 0 Å². The first-order valence-corrected chi connectivity index (χ1v) is 14.3. The zero-order chi connectivity index (χ0) is 25.0. The minimum Gasteiger partial charge on any atom is -0.407 e. The highest BCUT2D eigenvalue weighted by Gasteiger charge is 2.51. The van der Waals surface area contributed by atoms with E-state index in [9.17, 15) is 0 Å². The number of benzene rings is 2. The van der Waals surface area contributed by atoms with E-state index < -0.39 is 8.32 Å². The summed E-state index contributed by atoms with van der Waals surface area (Å²) in [6, 6.07) is 21.6. The molecular formula is C29H41BO3Si. The Labute approximate surface area is 208 Å². The molecule has 1 aliphatic heterocycles. The van der Waals surface area contributed by atoms with Gasteiger partial charge in [-0.05, 0) is 49.0 Å². The van der Waals surface area contributed by atoms with Crippen LogP contribution >= 0.6 is 0 Å². The molecule has 0 N–H and O–H groups in total. The molecule has 182 valence electrons. The summed E-state index contributed by atoms with van der Waals surface area (Å²) in [6.07, 6.45) is 6.28. The van der Waals surface area contributed by atoms with Crippen LogP contribution in [0.3, 0.4) is 0 Å². The number of rotatable bonds is 8. The first-order chi connectivity index (χ1) is 15.9. The molecule has 0 amide bonds. The van der Waals surface area contributed by atoms with Crippen LogP contribution in [0.1, 0.15) is 55.4 Å². The molecule has 0 aliphatic carbocycles. The smallest absolute Gasteiger partial charge is 0.407 e. The van der Waals surface area contributed by atoms with Crippen LogP contribution in [0.2, 0.25) is 5.04 Å².